The maximum Gasteiger partial charge on any atom is 0.140 e. The number of hydrogen-bond donors (Lipinski definition) is 2. The van der Waals surface area contributed by atoms with Gasteiger partial charge in [0.05, 0.1) is 12.4 Å². The molecule has 16 heavy (non-hydrogen) atoms. The van der Waals surface area contributed by atoms with Crippen molar-refractivity contribution in [2.75, 3.05) is 6.54 Å². The van der Waals surface area contributed by atoms with E-state index in [0.29, 0.717) is 12.5 Å². The second kappa shape index (κ2) is 4.61. The van der Waals surface area contributed by atoms with Crippen molar-refractivity contribution in [1.29, 1.82) is 5.41 Å². The molecule has 0 saturated heterocycles. The number of aromatic nitrogens is 3. The Labute approximate surface area is 95.0 Å². The molecule has 1 aliphatic carbocycles. The van der Waals surface area contributed by atoms with Crippen molar-refractivity contribution in [1.82, 2.24) is 19.7 Å². The van der Waals surface area contributed by atoms with E-state index in [1.165, 1.54) is 12.8 Å². The Morgan fingerprint density at radius 2 is 2.44 bits per heavy atom. The van der Waals surface area contributed by atoms with Crippen LogP contribution in [0.15, 0.2) is 6.33 Å². The molecule has 1 saturated carbocycles. The number of aryl methyl sites for hydroxylation is 1. The molecule has 0 spiro atoms. The topological polar surface area (TPSA) is 83.8 Å². The van der Waals surface area contributed by atoms with Crippen LogP contribution in [0.1, 0.15) is 25.1 Å². The van der Waals surface area contributed by atoms with Crippen LogP contribution in [0.2, 0.25) is 0 Å². The van der Waals surface area contributed by atoms with E-state index in [9.17, 15) is 0 Å². The molecular weight excluding hydrogens is 204 g/mol. The van der Waals surface area contributed by atoms with Gasteiger partial charge in [-0.3, -0.25) is 15.0 Å². The van der Waals surface area contributed by atoms with Crippen molar-refractivity contribution >= 4 is 5.84 Å². The van der Waals surface area contributed by atoms with E-state index in [0.717, 1.165) is 18.9 Å². The normalized spacial score (nSPS) is 15.6. The molecule has 1 aromatic heterocycles. The van der Waals surface area contributed by atoms with Crippen molar-refractivity contribution < 1.29 is 0 Å². The minimum absolute atomic E-state index is 0.253. The summed E-state index contributed by atoms with van der Waals surface area (Å²) in [7, 11) is 1.90. The Balaban J connectivity index is 1.92. The largest absolute Gasteiger partial charge is 0.388 e. The number of nitrogens with one attached hydrogen (secondary N) is 1. The molecule has 0 aromatic carbocycles. The van der Waals surface area contributed by atoms with Crippen molar-refractivity contribution in [2.24, 2.45) is 12.8 Å². The fourth-order valence-electron chi connectivity index (χ4n) is 1.74. The molecule has 2 rings (SSSR count). The van der Waals surface area contributed by atoms with Crippen LogP contribution in [0.5, 0.6) is 0 Å². The number of hydrogen-bond acceptors (Lipinski definition) is 4. The Morgan fingerprint density at radius 1 is 1.69 bits per heavy atom. The van der Waals surface area contributed by atoms with E-state index in [2.05, 4.69) is 15.0 Å². The Bertz CT molecular complexity index is 367. The highest BCUT2D eigenvalue weighted by atomic mass is 15.3. The summed E-state index contributed by atoms with van der Waals surface area (Å²) in [6, 6.07) is 0.649. The van der Waals surface area contributed by atoms with Crippen LogP contribution in [0.25, 0.3) is 0 Å². The van der Waals surface area contributed by atoms with Gasteiger partial charge in [0.1, 0.15) is 12.2 Å². The first kappa shape index (κ1) is 11.1. The molecular formula is C10H18N6. The standard InChI is InChI=1S/C10H18N6/c1-15-10(13-7-14-15)6-16(8-2-3-8)5-4-9(11)12/h7-8H,2-6H2,1H3,(H3,11,12). The van der Waals surface area contributed by atoms with Gasteiger partial charge in [0.15, 0.2) is 0 Å². The molecule has 6 heteroatoms. The van der Waals surface area contributed by atoms with Crippen molar-refractivity contribution in [3.63, 3.8) is 0 Å². The fourth-order valence-corrected chi connectivity index (χ4v) is 1.74. The highest BCUT2D eigenvalue weighted by molar-refractivity contribution is 5.76. The summed E-state index contributed by atoms with van der Waals surface area (Å²) in [5.74, 6) is 1.22. The first-order chi connectivity index (χ1) is 7.66. The van der Waals surface area contributed by atoms with Crippen LogP contribution < -0.4 is 5.73 Å². The molecule has 1 aromatic rings. The van der Waals surface area contributed by atoms with Gasteiger partial charge in [-0.15, -0.1) is 0 Å². The number of amidine groups is 1. The lowest BCUT2D eigenvalue weighted by Crippen LogP contribution is -2.30. The summed E-state index contributed by atoms with van der Waals surface area (Å²) in [5, 5.41) is 11.3. The van der Waals surface area contributed by atoms with Gasteiger partial charge < -0.3 is 5.73 Å². The Kier molecular flexibility index (Phi) is 3.19. The molecule has 0 radical (unpaired) electrons. The van der Waals surface area contributed by atoms with Gasteiger partial charge in [-0.05, 0) is 12.8 Å². The average Bonchev–Trinajstić information content (AvgIpc) is 2.99. The number of nitrogens with two attached hydrogens (primary N) is 1. The summed E-state index contributed by atoms with van der Waals surface area (Å²) in [6.07, 6.45) is 4.70. The van der Waals surface area contributed by atoms with Crippen molar-refractivity contribution in [2.45, 2.75) is 31.8 Å². The van der Waals surface area contributed by atoms with E-state index >= 15 is 0 Å². The van der Waals surface area contributed by atoms with E-state index in [1.807, 2.05) is 7.05 Å². The number of rotatable bonds is 6. The van der Waals surface area contributed by atoms with Gasteiger partial charge >= 0.3 is 0 Å². The third-order valence-electron chi connectivity index (χ3n) is 2.88. The smallest absolute Gasteiger partial charge is 0.140 e. The Hall–Kier alpha value is -1.43. The van der Waals surface area contributed by atoms with Crippen molar-refractivity contribution in [3.8, 4) is 0 Å². The van der Waals surface area contributed by atoms with E-state index < -0.39 is 0 Å². The third kappa shape index (κ3) is 2.79. The molecule has 1 heterocycles. The van der Waals surface area contributed by atoms with Gasteiger partial charge in [0.2, 0.25) is 0 Å². The molecule has 6 nitrogen and oxygen atoms in total. The maximum absolute atomic E-state index is 7.26. The van der Waals surface area contributed by atoms with Crippen molar-refractivity contribution in [3.05, 3.63) is 12.2 Å². The van der Waals surface area contributed by atoms with Crippen LogP contribution in [-0.4, -0.2) is 38.1 Å². The van der Waals surface area contributed by atoms with Gasteiger partial charge in [-0.2, -0.15) is 5.10 Å². The molecule has 1 fully saturated rings. The molecule has 1 aliphatic rings. The fraction of sp³-hybridized carbons (Fsp3) is 0.700. The van der Waals surface area contributed by atoms with Crippen LogP contribution in [-0.2, 0) is 13.6 Å². The van der Waals surface area contributed by atoms with Gasteiger partial charge in [0.25, 0.3) is 0 Å². The van der Waals surface area contributed by atoms with Crippen LogP contribution >= 0.6 is 0 Å². The molecule has 0 amide bonds. The summed E-state index contributed by atoms with van der Waals surface area (Å²) >= 11 is 0. The second-order valence-corrected chi connectivity index (χ2v) is 4.28. The van der Waals surface area contributed by atoms with Crippen LogP contribution in [0, 0.1) is 5.41 Å². The summed E-state index contributed by atoms with van der Waals surface area (Å²) < 4.78 is 1.79. The predicted octanol–water partition coefficient (Wildman–Crippen LogP) is 0.106. The van der Waals surface area contributed by atoms with E-state index in [-0.39, 0.29) is 5.84 Å². The lowest BCUT2D eigenvalue weighted by atomic mass is 10.3. The monoisotopic (exact) mass is 222 g/mol. The molecule has 0 aliphatic heterocycles. The third-order valence-corrected chi connectivity index (χ3v) is 2.88. The molecule has 0 unspecified atom stereocenters. The quantitative estimate of drug-likeness (QED) is 0.528. The van der Waals surface area contributed by atoms with Gasteiger partial charge in [-0.1, -0.05) is 0 Å². The first-order valence-electron chi connectivity index (χ1n) is 5.56. The minimum atomic E-state index is 0.253. The highest BCUT2D eigenvalue weighted by Crippen LogP contribution is 2.27. The summed E-state index contributed by atoms with van der Waals surface area (Å²) in [4.78, 5) is 6.56. The van der Waals surface area contributed by atoms with E-state index in [1.54, 1.807) is 11.0 Å². The zero-order valence-electron chi connectivity index (χ0n) is 9.56. The van der Waals surface area contributed by atoms with Crippen LogP contribution in [0.3, 0.4) is 0 Å². The van der Waals surface area contributed by atoms with E-state index in [4.69, 9.17) is 11.1 Å². The average molecular weight is 222 g/mol. The second-order valence-electron chi connectivity index (χ2n) is 4.28. The van der Waals surface area contributed by atoms with Gasteiger partial charge in [0, 0.05) is 26.1 Å². The molecule has 88 valence electrons. The lowest BCUT2D eigenvalue weighted by molar-refractivity contribution is 0.252. The molecule has 3 N–H and O–H groups in total. The molecule has 0 atom stereocenters. The van der Waals surface area contributed by atoms with Crippen LogP contribution in [0.4, 0.5) is 0 Å². The molecule has 0 bridgehead atoms. The first-order valence-corrected chi connectivity index (χ1v) is 5.56. The highest BCUT2D eigenvalue weighted by Gasteiger charge is 2.29. The lowest BCUT2D eigenvalue weighted by Gasteiger charge is -2.20. The zero-order chi connectivity index (χ0) is 11.5. The van der Waals surface area contributed by atoms with Gasteiger partial charge in [-0.25, -0.2) is 4.98 Å². The maximum atomic E-state index is 7.26. The summed E-state index contributed by atoms with van der Waals surface area (Å²) in [6.45, 7) is 1.64. The Morgan fingerprint density at radius 3 is 2.94 bits per heavy atom. The number of nitrogens with zero attached hydrogens (tertiary/aromatic N) is 4. The summed E-state index contributed by atoms with van der Waals surface area (Å²) in [5.41, 5.74) is 5.39. The zero-order valence-corrected chi connectivity index (χ0v) is 9.56. The predicted molar refractivity (Wildman–Crippen MR) is 61.0 cm³/mol. The SMILES string of the molecule is Cn1ncnc1CN(CCC(=N)N)C1CC1. The minimum Gasteiger partial charge on any atom is -0.388 e.